The highest BCUT2D eigenvalue weighted by atomic mass is 32.2. The second-order valence-corrected chi connectivity index (χ2v) is 5.11. The first-order valence-corrected chi connectivity index (χ1v) is 6.51. The monoisotopic (exact) mass is 240 g/mol. The van der Waals surface area contributed by atoms with Crippen molar-refractivity contribution >= 4 is 11.8 Å². The minimum Gasteiger partial charge on any atom is -0.371 e. The van der Waals surface area contributed by atoms with Crippen LogP contribution in [-0.4, -0.2) is 17.1 Å². The average molecular weight is 240 g/mol. The molecule has 1 unspecified atom stereocenters. The van der Waals surface area contributed by atoms with Crippen LogP contribution in [0.5, 0.6) is 0 Å². The van der Waals surface area contributed by atoms with Crippen molar-refractivity contribution in [2.45, 2.75) is 37.4 Å². The first-order chi connectivity index (χ1) is 7.60. The van der Waals surface area contributed by atoms with E-state index < -0.39 is 5.60 Å². The molecule has 2 rings (SSSR count). The molecule has 16 heavy (non-hydrogen) atoms. The zero-order chi connectivity index (χ0) is 11.8. The van der Waals surface area contributed by atoms with Gasteiger partial charge >= 0.3 is 0 Å². The third kappa shape index (κ3) is 1.78. The minimum absolute atomic E-state index is 0.0123. The normalized spacial score (nSPS) is 18.2. The molecule has 4 nitrogen and oxygen atoms in total. The van der Waals surface area contributed by atoms with Gasteiger partial charge in [0.1, 0.15) is 11.4 Å². The molecule has 1 aromatic heterocycles. The first-order valence-electron chi connectivity index (χ1n) is 5.36. The second-order valence-electron chi connectivity index (χ2n) is 4.12. The Morgan fingerprint density at radius 3 is 2.94 bits per heavy atom. The van der Waals surface area contributed by atoms with E-state index in [1.54, 1.807) is 18.9 Å². The minimum atomic E-state index is -0.499. The van der Waals surface area contributed by atoms with Crippen LogP contribution in [0.15, 0.2) is 4.79 Å². The summed E-state index contributed by atoms with van der Waals surface area (Å²) in [7, 11) is 1.64. The summed E-state index contributed by atoms with van der Waals surface area (Å²) in [4.78, 5) is 19.2. The Bertz CT molecular complexity index is 452. The molecule has 5 heteroatoms. The van der Waals surface area contributed by atoms with Crippen molar-refractivity contribution in [2.75, 3.05) is 7.11 Å². The molecule has 0 amide bonds. The van der Waals surface area contributed by atoms with Crippen molar-refractivity contribution < 1.29 is 4.74 Å². The fourth-order valence-corrected chi connectivity index (χ4v) is 2.76. The Balaban J connectivity index is 2.52. The highest BCUT2D eigenvalue weighted by Crippen LogP contribution is 2.29. The van der Waals surface area contributed by atoms with Crippen molar-refractivity contribution in [3.8, 4) is 0 Å². The Morgan fingerprint density at radius 1 is 1.56 bits per heavy atom. The number of aromatic nitrogens is 2. The number of aromatic amines is 1. The standard InChI is InChI=1S/C11H16N2O2S/c1-4-11(2,15-3)10-12-8-6-16-5-7(8)9(14)13-10/h4-6H2,1-3H3,(H,12,13,14). The van der Waals surface area contributed by atoms with Crippen LogP contribution in [-0.2, 0) is 21.8 Å². The lowest BCUT2D eigenvalue weighted by atomic mass is 10.0. The predicted molar refractivity (Wildman–Crippen MR) is 64.5 cm³/mol. The van der Waals surface area contributed by atoms with Crippen molar-refractivity contribution in [1.29, 1.82) is 0 Å². The summed E-state index contributed by atoms with van der Waals surface area (Å²) in [6, 6.07) is 0. The third-order valence-corrected chi connectivity index (χ3v) is 4.18. The number of hydrogen-bond acceptors (Lipinski definition) is 4. The maximum atomic E-state index is 11.8. The van der Waals surface area contributed by atoms with Gasteiger partial charge in [-0.1, -0.05) is 6.92 Å². The summed E-state index contributed by atoms with van der Waals surface area (Å²) in [5, 5.41) is 0. The lowest BCUT2D eigenvalue weighted by Crippen LogP contribution is -2.30. The number of hydrogen-bond donors (Lipinski definition) is 1. The summed E-state index contributed by atoms with van der Waals surface area (Å²) in [6.45, 7) is 3.96. The van der Waals surface area contributed by atoms with Gasteiger partial charge in [-0.3, -0.25) is 4.79 Å². The number of fused-ring (bicyclic) bond motifs is 1. The van der Waals surface area contributed by atoms with Gasteiger partial charge in [0.25, 0.3) is 5.56 Å². The number of nitrogens with one attached hydrogen (secondary N) is 1. The van der Waals surface area contributed by atoms with Crippen molar-refractivity contribution in [3.63, 3.8) is 0 Å². The number of thioether (sulfide) groups is 1. The van der Waals surface area contributed by atoms with Gasteiger partial charge in [-0.2, -0.15) is 11.8 Å². The van der Waals surface area contributed by atoms with Gasteiger partial charge in [-0.15, -0.1) is 0 Å². The van der Waals surface area contributed by atoms with E-state index in [-0.39, 0.29) is 5.56 Å². The van der Waals surface area contributed by atoms with E-state index in [1.807, 2.05) is 13.8 Å². The van der Waals surface area contributed by atoms with E-state index >= 15 is 0 Å². The molecule has 0 saturated heterocycles. The Morgan fingerprint density at radius 2 is 2.31 bits per heavy atom. The topological polar surface area (TPSA) is 55.0 Å². The summed E-state index contributed by atoms with van der Waals surface area (Å²) >= 11 is 1.73. The average Bonchev–Trinajstić information content (AvgIpc) is 2.76. The van der Waals surface area contributed by atoms with Crippen molar-refractivity contribution in [3.05, 3.63) is 27.4 Å². The molecular formula is C11H16N2O2S. The van der Waals surface area contributed by atoms with Gasteiger partial charge in [0, 0.05) is 24.2 Å². The highest BCUT2D eigenvalue weighted by molar-refractivity contribution is 7.98. The molecule has 0 bridgehead atoms. The SMILES string of the molecule is CCC(C)(OC)c1nc2c(c(=O)[nH]1)CSC2. The van der Waals surface area contributed by atoms with Gasteiger partial charge in [0.05, 0.1) is 5.69 Å². The van der Waals surface area contributed by atoms with Crippen LogP contribution in [0, 0.1) is 0 Å². The number of methoxy groups -OCH3 is 1. The van der Waals surface area contributed by atoms with E-state index in [0.29, 0.717) is 5.82 Å². The quantitative estimate of drug-likeness (QED) is 0.875. The molecule has 0 radical (unpaired) electrons. The van der Waals surface area contributed by atoms with Gasteiger partial charge in [0.15, 0.2) is 0 Å². The molecule has 0 spiro atoms. The summed E-state index contributed by atoms with van der Waals surface area (Å²) < 4.78 is 5.45. The van der Waals surface area contributed by atoms with Crippen LogP contribution in [0.2, 0.25) is 0 Å². The van der Waals surface area contributed by atoms with E-state index in [1.165, 1.54) is 0 Å². The molecule has 0 fully saturated rings. The number of rotatable bonds is 3. The zero-order valence-corrected chi connectivity index (χ0v) is 10.6. The lowest BCUT2D eigenvalue weighted by molar-refractivity contribution is -0.00933. The first kappa shape index (κ1) is 11.7. The fraction of sp³-hybridized carbons (Fsp3) is 0.636. The lowest BCUT2D eigenvalue weighted by Gasteiger charge is -2.25. The summed E-state index contributed by atoms with van der Waals surface area (Å²) in [6.07, 6.45) is 0.776. The van der Waals surface area contributed by atoms with Gasteiger partial charge in [0.2, 0.25) is 0 Å². The zero-order valence-electron chi connectivity index (χ0n) is 9.79. The van der Waals surface area contributed by atoms with Crippen LogP contribution in [0.25, 0.3) is 0 Å². The molecule has 1 atom stereocenters. The molecule has 2 heterocycles. The largest absolute Gasteiger partial charge is 0.371 e. The maximum Gasteiger partial charge on any atom is 0.255 e. The van der Waals surface area contributed by atoms with Gasteiger partial charge in [-0.05, 0) is 13.3 Å². The van der Waals surface area contributed by atoms with Crippen LogP contribution in [0.4, 0.5) is 0 Å². The number of H-pyrrole nitrogens is 1. The van der Waals surface area contributed by atoms with Gasteiger partial charge < -0.3 is 9.72 Å². The smallest absolute Gasteiger partial charge is 0.255 e. The van der Waals surface area contributed by atoms with E-state index in [2.05, 4.69) is 9.97 Å². The number of ether oxygens (including phenoxy) is 1. The van der Waals surface area contributed by atoms with Crippen molar-refractivity contribution in [2.24, 2.45) is 0 Å². The molecule has 1 aliphatic heterocycles. The van der Waals surface area contributed by atoms with Crippen molar-refractivity contribution in [1.82, 2.24) is 9.97 Å². The number of nitrogens with zero attached hydrogens (tertiary/aromatic N) is 1. The van der Waals surface area contributed by atoms with Crippen LogP contribution in [0.1, 0.15) is 37.4 Å². The Labute approximate surface area is 98.8 Å². The van der Waals surface area contributed by atoms with Gasteiger partial charge in [-0.25, -0.2) is 4.98 Å². The van der Waals surface area contributed by atoms with E-state index in [4.69, 9.17) is 4.74 Å². The Kier molecular flexibility index (Phi) is 3.08. The predicted octanol–water partition coefficient (Wildman–Crippen LogP) is 1.79. The third-order valence-electron chi connectivity index (χ3n) is 3.21. The molecule has 1 N–H and O–H groups in total. The summed E-state index contributed by atoms with van der Waals surface area (Å²) in [5.41, 5.74) is 1.23. The maximum absolute atomic E-state index is 11.8. The highest BCUT2D eigenvalue weighted by Gasteiger charge is 2.29. The van der Waals surface area contributed by atoms with E-state index in [0.717, 1.165) is 29.2 Å². The van der Waals surface area contributed by atoms with Crippen LogP contribution < -0.4 is 5.56 Å². The molecule has 0 aliphatic carbocycles. The molecule has 0 saturated carbocycles. The molecule has 0 aromatic carbocycles. The molecular weight excluding hydrogens is 224 g/mol. The van der Waals surface area contributed by atoms with E-state index in [9.17, 15) is 4.79 Å². The second kappa shape index (κ2) is 4.22. The molecule has 1 aromatic rings. The fourth-order valence-electron chi connectivity index (χ4n) is 1.72. The van der Waals surface area contributed by atoms with Crippen LogP contribution in [0.3, 0.4) is 0 Å². The molecule has 1 aliphatic rings. The van der Waals surface area contributed by atoms with Crippen LogP contribution >= 0.6 is 11.8 Å². The molecule has 88 valence electrons. The summed E-state index contributed by atoms with van der Waals surface area (Å²) in [5.74, 6) is 2.24. The Hall–Kier alpha value is -0.810.